The average molecular weight is 444 g/mol. The van der Waals surface area contributed by atoms with Crippen molar-refractivity contribution in [3.8, 4) is 5.75 Å². The van der Waals surface area contributed by atoms with Gasteiger partial charge in [0.2, 0.25) is 0 Å². The van der Waals surface area contributed by atoms with Crippen molar-refractivity contribution in [3.05, 3.63) is 89.1 Å². The molecule has 0 saturated carbocycles. The van der Waals surface area contributed by atoms with E-state index in [4.69, 9.17) is 9.47 Å². The summed E-state index contributed by atoms with van der Waals surface area (Å²) >= 11 is 0. The Kier molecular flexibility index (Phi) is 6.13. The first kappa shape index (κ1) is 22.1. The molecule has 3 aromatic carbocycles. The second kappa shape index (κ2) is 9.16. The minimum atomic E-state index is -0.863. The number of benzene rings is 3. The third kappa shape index (κ3) is 4.30. The predicted molar refractivity (Wildman–Crippen MR) is 123 cm³/mol. The maximum atomic E-state index is 13.2. The van der Waals surface area contributed by atoms with Gasteiger partial charge in [-0.05, 0) is 29.3 Å². The van der Waals surface area contributed by atoms with Gasteiger partial charge in [0.05, 0.1) is 25.3 Å². The van der Waals surface area contributed by atoms with Gasteiger partial charge in [0.15, 0.2) is 0 Å². The minimum Gasteiger partial charge on any atom is -0.466 e. The van der Waals surface area contributed by atoms with Crippen LogP contribution in [0.15, 0.2) is 78.0 Å². The first-order valence-electron chi connectivity index (χ1n) is 10.5. The normalized spacial score (nSPS) is 15.9. The summed E-state index contributed by atoms with van der Waals surface area (Å²) in [7, 11) is 1.30. The van der Waals surface area contributed by atoms with Crippen LogP contribution in [0.4, 0.5) is 4.79 Å². The summed E-state index contributed by atoms with van der Waals surface area (Å²) < 4.78 is 10.6. The summed E-state index contributed by atoms with van der Waals surface area (Å²) in [6.07, 6.45) is 0. The first-order chi connectivity index (χ1) is 15.9. The predicted octanol–water partition coefficient (Wildman–Crippen LogP) is 4.48. The number of rotatable bonds is 5. The zero-order valence-corrected chi connectivity index (χ0v) is 18.6. The van der Waals surface area contributed by atoms with E-state index in [1.54, 1.807) is 13.0 Å². The number of nitrogens with zero attached hydrogens (tertiary/aromatic N) is 1. The van der Waals surface area contributed by atoms with Crippen molar-refractivity contribution in [2.75, 3.05) is 7.11 Å². The summed E-state index contributed by atoms with van der Waals surface area (Å²) in [6, 6.07) is 19.3. The molecule has 1 heterocycles. The highest BCUT2D eigenvalue weighted by molar-refractivity contribution is 5.98. The second-order valence-electron chi connectivity index (χ2n) is 7.74. The number of carbonyl (C=O) groups is 3. The number of nitrogens with one attached hydrogen (secondary N) is 1. The SMILES string of the molecule is COC(=O)C1=C(C)N(Cc2ccccc2)C(=O)N[C@@H]1c1c(OC(C)=O)ccc2ccccc12. The fourth-order valence-electron chi connectivity index (χ4n) is 4.15. The zero-order chi connectivity index (χ0) is 23.5. The Balaban J connectivity index is 1.90. The lowest BCUT2D eigenvalue weighted by atomic mass is 9.90. The molecule has 0 bridgehead atoms. The Hall–Kier alpha value is -4.13. The van der Waals surface area contributed by atoms with Gasteiger partial charge >= 0.3 is 18.0 Å². The number of hydrogen-bond donors (Lipinski definition) is 1. The van der Waals surface area contributed by atoms with Crippen molar-refractivity contribution in [2.24, 2.45) is 0 Å². The maximum Gasteiger partial charge on any atom is 0.337 e. The van der Waals surface area contributed by atoms with Gasteiger partial charge in [0, 0.05) is 18.2 Å². The van der Waals surface area contributed by atoms with E-state index < -0.39 is 18.0 Å². The van der Waals surface area contributed by atoms with Gasteiger partial charge in [0.25, 0.3) is 0 Å². The summed E-state index contributed by atoms with van der Waals surface area (Å²) in [6.45, 7) is 3.32. The van der Waals surface area contributed by atoms with Crippen molar-refractivity contribution < 1.29 is 23.9 Å². The molecule has 7 nitrogen and oxygen atoms in total. The van der Waals surface area contributed by atoms with Gasteiger partial charge in [-0.15, -0.1) is 0 Å². The molecule has 3 aromatic rings. The highest BCUT2D eigenvalue weighted by Crippen LogP contribution is 2.40. The molecular weight excluding hydrogens is 420 g/mol. The highest BCUT2D eigenvalue weighted by atomic mass is 16.5. The van der Waals surface area contributed by atoms with Crippen LogP contribution >= 0.6 is 0 Å². The molecular formula is C26H24N2O5. The fraction of sp³-hybridized carbons (Fsp3) is 0.192. The molecule has 2 amide bonds. The molecule has 7 heteroatoms. The number of urea groups is 1. The van der Waals surface area contributed by atoms with Gasteiger partial charge in [0.1, 0.15) is 5.75 Å². The molecule has 0 radical (unpaired) electrons. The van der Waals surface area contributed by atoms with Crippen LogP contribution in [-0.2, 0) is 20.9 Å². The van der Waals surface area contributed by atoms with Crippen LogP contribution < -0.4 is 10.1 Å². The third-order valence-electron chi connectivity index (χ3n) is 5.66. The summed E-state index contributed by atoms with van der Waals surface area (Å²) in [4.78, 5) is 39.5. The summed E-state index contributed by atoms with van der Waals surface area (Å²) in [5.74, 6) is -0.797. The summed E-state index contributed by atoms with van der Waals surface area (Å²) in [5.41, 5.74) is 2.19. The van der Waals surface area contributed by atoms with Crippen molar-refractivity contribution in [1.29, 1.82) is 0 Å². The number of fused-ring (bicyclic) bond motifs is 1. The van der Waals surface area contributed by atoms with Gasteiger partial charge in [-0.25, -0.2) is 9.59 Å². The van der Waals surface area contributed by atoms with Crippen LogP contribution in [0, 0.1) is 0 Å². The van der Waals surface area contributed by atoms with E-state index >= 15 is 0 Å². The Morgan fingerprint density at radius 2 is 1.70 bits per heavy atom. The number of amides is 2. The van der Waals surface area contributed by atoms with Gasteiger partial charge in [-0.1, -0.05) is 60.7 Å². The summed E-state index contributed by atoms with van der Waals surface area (Å²) in [5, 5.41) is 4.58. The second-order valence-corrected chi connectivity index (χ2v) is 7.74. The van der Waals surface area contributed by atoms with Crippen LogP contribution in [0.5, 0.6) is 5.75 Å². The third-order valence-corrected chi connectivity index (χ3v) is 5.66. The van der Waals surface area contributed by atoms with Gasteiger partial charge in [-0.2, -0.15) is 0 Å². The molecule has 168 valence electrons. The Morgan fingerprint density at radius 1 is 1.00 bits per heavy atom. The fourth-order valence-corrected chi connectivity index (χ4v) is 4.15. The van der Waals surface area contributed by atoms with Gasteiger partial charge in [-0.3, -0.25) is 9.69 Å². The number of carbonyl (C=O) groups excluding carboxylic acids is 3. The molecule has 4 rings (SSSR count). The lowest BCUT2D eigenvalue weighted by Gasteiger charge is -2.36. The first-order valence-corrected chi connectivity index (χ1v) is 10.5. The van der Waals surface area contributed by atoms with Gasteiger partial charge < -0.3 is 14.8 Å². The Bertz CT molecular complexity index is 1270. The number of allylic oxidation sites excluding steroid dienone is 1. The number of ether oxygens (including phenoxy) is 2. The Labute approximate surface area is 191 Å². The molecule has 0 aliphatic carbocycles. The zero-order valence-electron chi connectivity index (χ0n) is 18.6. The maximum absolute atomic E-state index is 13.2. The number of methoxy groups -OCH3 is 1. The van der Waals surface area contributed by atoms with E-state index in [0.29, 0.717) is 11.3 Å². The molecule has 0 saturated heterocycles. The van der Waals surface area contributed by atoms with Crippen LogP contribution in [0.25, 0.3) is 10.8 Å². The van der Waals surface area contributed by atoms with Crippen LogP contribution in [0.3, 0.4) is 0 Å². The number of esters is 2. The minimum absolute atomic E-state index is 0.275. The van der Waals surface area contributed by atoms with Crippen molar-refractivity contribution in [2.45, 2.75) is 26.4 Å². The topological polar surface area (TPSA) is 84.9 Å². The average Bonchev–Trinajstić information content (AvgIpc) is 2.81. The lowest BCUT2D eigenvalue weighted by Crippen LogP contribution is -2.47. The van der Waals surface area contributed by atoms with Crippen LogP contribution in [0.1, 0.15) is 31.0 Å². The van der Waals surface area contributed by atoms with Crippen LogP contribution in [0.2, 0.25) is 0 Å². The lowest BCUT2D eigenvalue weighted by molar-refractivity contribution is -0.136. The quantitative estimate of drug-likeness (QED) is 0.463. The molecule has 1 atom stereocenters. The standard InChI is InChI=1S/C26H24N2O5/c1-16-22(25(30)32-3)24(27-26(31)28(16)15-18-9-5-4-6-10-18)23-20-12-8-7-11-19(20)13-14-21(23)33-17(2)29/h4-14,24H,15H2,1-3H3,(H,27,31)/t24-/m0/s1. The Morgan fingerprint density at radius 3 is 2.39 bits per heavy atom. The molecule has 1 N–H and O–H groups in total. The molecule has 0 unspecified atom stereocenters. The van der Waals surface area contributed by atoms with Crippen molar-refractivity contribution >= 4 is 28.7 Å². The number of hydrogen-bond acceptors (Lipinski definition) is 5. The largest absolute Gasteiger partial charge is 0.466 e. The molecule has 0 aromatic heterocycles. The van der Waals surface area contributed by atoms with E-state index in [2.05, 4.69) is 5.32 Å². The molecule has 0 spiro atoms. The van der Waals surface area contributed by atoms with E-state index in [0.717, 1.165) is 16.3 Å². The van der Waals surface area contributed by atoms with E-state index in [1.807, 2.05) is 60.7 Å². The van der Waals surface area contributed by atoms with E-state index in [1.165, 1.54) is 18.9 Å². The molecule has 0 fully saturated rings. The molecule has 1 aliphatic rings. The molecule has 33 heavy (non-hydrogen) atoms. The van der Waals surface area contributed by atoms with Crippen molar-refractivity contribution in [3.63, 3.8) is 0 Å². The smallest absolute Gasteiger partial charge is 0.337 e. The van der Waals surface area contributed by atoms with Crippen LogP contribution in [-0.4, -0.2) is 30.0 Å². The highest BCUT2D eigenvalue weighted by Gasteiger charge is 2.38. The van der Waals surface area contributed by atoms with E-state index in [9.17, 15) is 14.4 Å². The van der Waals surface area contributed by atoms with Crippen molar-refractivity contribution in [1.82, 2.24) is 10.2 Å². The monoisotopic (exact) mass is 444 g/mol. The molecule has 1 aliphatic heterocycles. The van der Waals surface area contributed by atoms with E-state index in [-0.39, 0.29) is 23.9 Å².